The average molecular weight is 244 g/mol. The van der Waals surface area contributed by atoms with Gasteiger partial charge in [-0.1, -0.05) is 13.8 Å². The Balaban J connectivity index is 3.86. The van der Waals surface area contributed by atoms with Crippen molar-refractivity contribution < 1.29 is 9.53 Å². The minimum atomic E-state index is -0.123. The molecule has 4 nitrogen and oxygen atoms in total. The molecular weight excluding hydrogens is 216 g/mol. The molecule has 0 bridgehead atoms. The summed E-state index contributed by atoms with van der Waals surface area (Å²) in [7, 11) is 0. The van der Waals surface area contributed by atoms with Crippen LogP contribution in [0.1, 0.15) is 41.0 Å². The van der Waals surface area contributed by atoms with Crippen LogP contribution in [0.2, 0.25) is 0 Å². The Labute approximate surface area is 106 Å². The van der Waals surface area contributed by atoms with Gasteiger partial charge in [-0.25, -0.2) is 0 Å². The van der Waals surface area contributed by atoms with Gasteiger partial charge in [-0.3, -0.25) is 4.79 Å². The number of nitrogens with zero attached hydrogens (tertiary/aromatic N) is 1. The fourth-order valence-electron chi connectivity index (χ4n) is 1.94. The van der Waals surface area contributed by atoms with Crippen LogP contribution < -0.4 is 5.32 Å². The lowest BCUT2D eigenvalue weighted by atomic mass is 10.2. The molecule has 0 spiro atoms. The van der Waals surface area contributed by atoms with Gasteiger partial charge in [-0.15, -0.1) is 0 Å². The topological polar surface area (TPSA) is 41.6 Å². The zero-order chi connectivity index (χ0) is 13.3. The largest absolute Gasteiger partial charge is 0.466 e. The minimum Gasteiger partial charge on any atom is -0.466 e. The fourth-order valence-corrected chi connectivity index (χ4v) is 1.94. The van der Waals surface area contributed by atoms with Crippen LogP contribution in [0.4, 0.5) is 0 Å². The summed E-state index contributed by atoms with van der Waals surface area (Å²) < 4.78 is 4.93. The minimum absolute atomic E-state index is 0.123. The molecule has 1 N–H and O–H groups in total. The van der Waals surface area contributed by atoms with Gasteiger partial charge in [0.15, 0.2) is 0 Å². The van der Waals surface area contributed by atoms with E-state index in [-0.39, 0.29) is 12.0 Å². The van der Waals surface area contributed by atoms with Crippen molar-refractivity contribution in [2.75, 3.05) is 26.2 Å². The Kier molecular flexibility index (Phi) is 9.09. The van der Waals surface area contributed by atoms with Gasteiger partial charge in [0.05, 0.1) is 13.0 Å². The number of carbonyl (C=O) groups is 1. The lowest BCUT2D eigenvalue weighted by molar-refractivity contribution is -0.143. The van der Waals surface area contributed by atoms with Crippen LogP contribution in [0.25, 0.3) is 0 Å². The van der Waals surface area contributed by atoms with Crippen molar-refractivity contribution in [3.8, 4) is 0 Å². The van der Waals surface area contributed by atoms with E-state index < -0.39 is 0 Å². The van der Waals surface area contributed by atoms with Gasteiger partial charge in [0.25, 0.3) is 0 Å². The number of rotatable bonds is 9. The van der Waals surface area contributed by atoms with E-state index in [4.69, 9.17) is 4.74 Å². The highest BCUT2D eigenvalue weighted by molar-refractivity contribution is 5.70. The van der Waals surface area contributed by atoms with E-state index in [1.807, 2.05) is 13.8 Å². The summed E-state index contributed by atoms with van der Waals surface area (Å²) in [6.45, 7) is 13.9. The van der Waals surface area contributed by atoms with Crippen molar-refractivity contribution in [1.82, 2.24) is 10.2 Å². The second kappa shape index (κ2) is 9.42. The molecule has 0 heterocycles. The molecule has 0 aliphatic rings. The average Bonchev–Trinajstić information content (AvgIpc) is 2.25. The lowest BCUT2D eigenvalue weighted by Crippen LogP contribution is -2.43. The Bertz CT molecular complexity index is 206. The van der Waals surface area contributed by atoms with Crippen molar-refractivity contribution in [2.45, 2.75) is 53.1 Å². The molecule has 102 valence electrons. The van der Waals surface area contributed by atoms with E-state index in [1.54, 1.807) is 0 Å². The Morgan fingerprint density at radius 1 is 1.18 bits per heavy atom. The molecule has 4 heteroatoms. The Hall–Kier alpha value is -0.610. The third-order valence-electron chi connectivity index (χ3n) is 2.77. The number of hydrogen-bond acceptors (Lipinski definition) is 4. The zero-order valence-corrected chi connectivity index (χ0v) is 12.0. The summed E-state index contributed by atoms with van der Waals surface area (Å²) in [6, 6.07) is 0.555. The zero-order valence-electron chi connectivity index (χ0n) is 12.0. The third-order valence-corrected chi connectivity index (χ3v) is 2.77. The van der Waals surface area contributed by atoms with Crippen molar-refractivity contribution >= 4 is 5.97 Å². The van der Waals surface area contributed by atoms with Crippen LogP contribution in [0, 0.1) is 0 Å². The molecule has 0 fully saturated rings. The number of nitrogens with one attached hydrogen (secondary N) is 1. The molecule has 0 saturated heterocycles. The Morgan fingerprint density at radius 2 is 1.76 bits per heavy atom. The Morgan fingerprint density at radius 3 is 2.24 bits per heavy atom. The second-order valence-corrected chi connectivity index (χ2v) is 4.46. The molecule has 0 saturated carbocycles. The van der Waals surface area contributed by atoms with Crippen LogP contribution in [0.15, 0.2) is 0 Å². The predicted octanol–water partition coefficient (Wildman–Crippen LogP) is 1.65. The van der Waals surface area contributed by atoms with E-state index in [2.05, 4.69) is 31.0 Å². The van der Waals surface area contributed by atoms with Crippen molar-refractivity contribution in [1.29, 1.82) is 0 Å². The number of ether oxygens (including phenoxy) is 1. The molecule has 0 amide bonds. The van der Waals surface area contributed by atoms with Gasteiger partial charge in [-0.2, -0.15) is 0 Å². The first-order valence-corrected chi connectivity index (χ1v) is 6.67. The second-order valence-electron chi connectivity index (χ2n) is 4.46. The van der Waals surface area contributed by atoms with Gasteiger partial charge >= 0.3 is 5.97 Å². The molecule has 0 aliphatic heterocycles. The van der Waals surface area contributed by atoms with E-state index in [1.165, 1.54) is 0 Å². The van der Waals surface area contributed by atoms with E-state index in [0.29, 0.717) is 19.1 Å². The quantitative estimate of drug-likeness (QED) is 0.626. The highest BCUT2D eigenvalue weighted by atomic mass is 16.5. The molecular formula is C13H28N2O2. The molecule has 0 radical (unpaired) electrons. The number of esters is 1. The van der Waals surface area contributed by atoms with E-state index in [9.17, 15) is 4.79 Å². The molecule has 0 aliphatic carbocycles. The van der Waals surface area contributed by atoms with Gasteiger partial charge in [-0.05, 0) is 33.9 Å². The van der Waals surface area contributed by atoms with Crippen LogP contribution in [0.5, 0.6) is 0 Å². The first kappa shape index (κ1) is 16.4. The lowest BCUT2D eigenvalue weighted by Gasteiger charge is -2.25. The number of likely N-dealkylation sites (N-methyl/N-ethyl adjacent to an activating group) is 1. The molecule has 0 aromatic rings. The maximum atomic E-state index is 11.3. The summed E-state index contributed by atoms with van der Waals surface area (Å²) in [5.41, 5.74) is 0. The summed E-state index contributed by atoms with van der Waals surface area (Å²) in [5, 5.41) is 3.43. The third kappa shape index (κ3) is 8.16. The fraction of sp³-hybridized carbons (Fsp3) is 0.923. The van der Waals surface area contributed by atoms with Crippen molar-refractivity contribution in [3.63, 3.8) is 0 Å². The molecule has 0 aromatic heterocycles. The maximum absolute atomic E-state index is 11.3. The van der Waals surface area contributed by atoms with Crippen LogP contribution in [-0.4, -0.2) is 49.2 Å². The monoisotopic (exact) mass is 244 g/mol. The van der Waals surface area contributed by atoms with Gasteiger partial charge < -0.3 is 15.0 Å². The van der Waals surface area contributed by atoms with E-state index >= 15 is 0 Å². The van der Waals surface area contributed by atoms with Gasteiger partial charge in [0, 0.05) is 18.6 Å². The molecule has 17 heavy (non-hydrogen) atoms. The highest BCUT2D eigenvalue weighted by Crippen LogP contribution is 1.98. The predicted molar refractivity (Wildman–Crippen MR) is 71.1 cm³/mol. The first-order chi connectivity index (χ1) is 8.03. The molecule has 0 aromatic carbocycles. The normalized spacial score (nSPS) is 14.7. The maximum Gasteiger partial charge on any atom is 0.307 e. The molecule has 2 atom stereocenters. The SMILES string of the molecule is CCOC(=O)CC(C)NC(C)CN(CC)CC. The van der Waals surface area contributed by atoms with Gasteiger partial charge in [0.1, 0.15) is 0 Å². The number of carbonyl (C=O) groups excluding carboxylic acids is 1. The van der Waals surface area contributed by atoms with Crippen LogP contribution >= 0.6 is 0 Å². The van der Waals surface area contributed by atoms with Crippen molar-refractivity contribution in [2.24, 2.45) is 0 Å². The summed E-state index contributed by atoms with van der Waals surface area (Å²) in [4.78, 5) is 13.7. The highest BCUT2D eigenvalue weighted by Gasteiger charge is 2.13. The smallest absolute Gasteiger partial charge is 0.307 e. The first-order valence-electron chi connectivity index (χ1n) is 6.67. The summed E-state index contributed by atoms with van der Waals surface area (Å²) >= 11 is 0. The van der Waals surface area contributed by atoms with Crippen LogP contribution in [-0.2, 0) is 9.53 Å². The standard InChI is InChI=1S/C13H28N2O2/c1-6-15(7-2)10-12(5)14-11(4)9-13(16)17-8-3/h11-12,14H,6-10H2,1-5H3. The summed E-state index contributed by atoms with van der Waals surface area (Å²) in [6.07, 6.45) is 0.441. The van der Waals surface area contributed by atoms with Gasteiger partial charge in [0.2, 0.25) is 0 Å². The molecule has 2 unspecified atom stereocenters. The summed E-state index contributed by atoms with van der Waals surface area (Å²) in [5.74, 6) is -0.123. The van der Waals surface area contributed by atoms with Crippen LogP contribution in [0.3, 0.4) is 0 Å². The van der Waals surface area contributed by atoms with E-state index in [0.717, 1.165) is 19.6 Å². The van der Waals surface area contributed by atoms with Crippen molar-refractivity contribution in [3.05, 3.63) is 0 Å². The number of hydrogen-bond donors (Lipinski definition) is 1. The molecule has 0 rings (SSSR count).